The summed E-state index contributed by atoms with van der Waals surface area (Å²) in [5.41, 5.74) is 17.2. The Labute approximate surface area is 378 Å². The predicted octanol–water partition coefficient (Wildman–Crippen LogP) is 17.8. The van der Waals surface area contributed by atoms with Crippen molar-refractivity contribution in [2.45, 2.75) is 19.3 Å². The van der Waals surface area contributed by atoms with Crippen LogP contribution >= 0.6 is 0 Å². The van der Waals surface area contributed by atoms with Crippen molar-refractivity contribution in [1.82, 2.24) is 0 Å². The molecule has 0 unspecified atom stereocenters. The summed E-state index contributed by atoms with van der Waals surface area (Å²) in [6.45, 7) is 4.71. The lowest BCUT2D eigenvalue weighted by Crippen LogP contribution is -2.16. The fourth-order valence-corrected chi connectivity index (χ4v) is 10.9. The van der Waals surface area contributed by atoms with Crippen molar-refractivity contribution < 1.29 is 4.42 Å². The van der Waals surface area contributed by atoms with E-state index in [-0.39, 0.29) is 5.41 Å². The highest BCUT2D eigenvalue weighted by Crippen LogP contribution is 2.52. The molecule has 1 heterocycles. The highest BCUT2D eigenvalue weighted by Gasteiger charge is 2.36. The van der Waals surface area contributed by atoms with E-state index in [1.807, 2.05) is 0 Å². The van der Waals surface area contributed by atoms with E-state index < -0.39 is 0 Å². The normalized spacial score (nSPS) is 12.9. The van der Waals surface area contributed by atoms with Gasteiger partial charge in [0.25, 0.3) is 0 Å². The van der Waals surface area contributed by atoms with Crippen molar-refractivity contribution in [3.05, 3.63) is 236 Å². The van der Waals surface area contributed by atoms with Crippen LogP contribution in [0.5, 0.6) is 0 Å². The second-order valence-corrected chi connectivity index (χ2v) is 18.0. The molecule has 0 saturated carbocycles. The van der Waals surface area contributed by atoms with E-state index in [0.29, 0.717) is 0 Å². The molecule has 0 saturated heterocycles. The number of fused-ring (bicyclic) bond motifs is 12. The smallest absolute Gasteiger partial charge is 0.143 e. The number of benzene rings is 11. The molecular formula is C63H43NO. The Kier molecular flexibility index (Phi) is 8.29. The summed E-state index contributed by atoms with van der Waals surface area (Å²) < 4.78 is 7.28. The molecule has 11 aromatic carbocycles. The average Bonchev–Trinajstić information content (AvgIpc) is 3.87. The van der Waals surface area contributed by atoms with Crippen molar-refractivity contribution in [1.29, 1.82) is 0 Å². The second-order valence-electron chi connectivity index (χ2n) is 18.0. The summed E-state index contributed by atoms with van der Waals surface area (Å²) in [5, 5.41) is 9.46. The van der Waals surface area contributed by atoms with Crippen LogP contribution in [-0.2, 0) is 5.41 Å². The fraction of sp³-hybridized carbons (Fsp3) is 0.0476. The number of hydrogen-bond donors (Lipinski definition) is 0. The van der Waals surface area contributed by atoms with Crippen molar-refractivity contribution in [2.24, 2.45) is 0 Å². The van der Waals surface area contributed by atoms with Crippen molar-refractivity contribution >= 4 is 71.3 Å². The first-order chi connectivity index (χ1) is 32.0. The largest absolute Gasteiger partial charge is 0.455 e. The number of hydrogen-bond acceptors (Lipinski definition) is 2. The molecule has 1 aromatic heterocycles. The van der Waals surface area contributed by atoms with Crippen LogP contribution in [0.25, 0.3) is 98.8 Å². The van der Waals surface area contributed by atoms with Crippen LogP contribution in [0.1, 0.15) is 25.0 Å². The molecule has 0 N–H and O–H groups in total. The average molecular weight is 830 g/mol. The second kappa shape index (κ2) is 14.4. The molecule has 65 heavy (non-hydrogen) atoms. The van der Waals surface area contributed by atoms with E-state index >= 15 is 0 Å². The van der Waals surface area contributed by atoms with Crippen LogP contribution in [0.2, 0.25) is 0 Å². The third-order valence-corrected chi connectivity index (χ3v) is 14.1. The molecule has 306 valence electrons. The summed E-state index contributed by atoms with van der Waals surface area (Å²) in [5.74, 6) is 0. The van der Waals surface area contributed by atoms with E-state index in [9.17, 15) is 0 Å². The van der Waals surface area contributed by atoms with Crippen LogP contribution in [0.15, 0.2) is 229 Å². The van der Waals surface area contributed by atoms with E-state index in [0.717, 1.165) is 61.1 Å². The van der Waals surface area contributed by atoms with Crippen LogP contribution in [0.4, 0.5) is 17.1 Å². The molecular weight excluding hydrogens is 787 g/mol. The lowest BCUT2D eigenvalue weighted by Gasteiger charge is -2.28. The van der Waals surface area contributed by atoms with Gasteiger partial charge in [0, 0.05) is 44.2 Å². The van der Waals surface area contributed by atoms with Gasteiger partial charge in [-0.15, -0.1) is 0 Å². The predicted molar refractivity (Wildman–Crippen MR) is 275 cm³/mol. The zero-order valence-electron chi connectivity index (χ0n) is 36.2. The minimum atomic E-state index is -0.130. The number of nitrogens with zero attached hydrogens (tertiary/aromatic N) is 1. The van der Waals surface area contributed by atoms with Gasteiger partial charge in [-0.3, -0.25) is 0 Å². The van der Waals surface area contributed by atoms with Gasteiger partial charge < -0.3 is 9.32 Å². The van der Waals surface area contributed by atoms with Gasteiger partial charge in [-0.2, -0.15) is 0 Å². The fourth-order valence-electron chi connectivity index (χ4n) is 10.9. The summed E-state index contributed by atoms with van der Waals surface area (Å²) in [6.07, 6.45) is 0. The monoisotopic (exact) mass is 829 g/mol. The minimum absolute atomic E-state index is 0.130. The Hall–Kier alpha value is -8.20. The molecule has 0 bridgehead atoms. The Balaban J connectivity index is 1.03. The van der Waals surface area contributed by atoms with E-state index in [1.54, 1.807) is 0 Å². The van der Waals surface area contributed by atoms with E-state index in [2.05, 4.69) is 243 Å². The molecule has 0 radical (unpaired) electrons. The van der Waals surface area contributed by atoms with Crippen LogP contribution in [0, 0.1) is 0 Å². The molecule has 0 atom stereocenters. The zero-order chi connectivity index (χ0) is 43.2. The van der Waals surface area contributed by atoms with E-state index in [1.165, 1.54) is 65.9 Å². The van der Waals surface area contributed by atoms with Gasteiger partial charge in [-0.25, -0.2) is 0 Å². The molecule has 13 rings (SSSR count). The summed E-state index contributed by atoms with van der Waals surface area (Å²) in [7, 11) is 0. The van der Waals surface area contributed by atoms with Crippen LogP contribution in [-0.4, -0.2) is 0 Å². The summed E-state index contributed by atoms with van der Waals surface area (Å²) in [6, 6.07) is 82.0. The van der Waals surface area contributed by atoms with Crippen molar-refractivity contribution in [3.63, 3.8) is 0 Å². The Morgan fingerprint density at radius 2 is 0.877 bits per heavy atom. The molecule has 12 aromatic rings. The highest BCUT2D eigenvalue weighted by atomic mass is 16.3. The molecule has 1 aliphatic carbocycles. The van der Waals surface area contributed by atoms with Gasteiger partial charge >= 0.3 is 0 Å². The molecule has 0 aliphatic heterocycles. The number of anilines is 3. The molecule has 0 fully saturated rings. The van der Waals surface area contributed by atoms with Crippen molar-refractivity contribution in [3.8, 4) is 44.5 Å². The van der Waals surface area contributed by atoms with Gasteiger partial charge in [0.1, 0.15) is 11.2 Å². The molecule has 1 aliphatic rings. The first kappa shape index (κ1) is 37.4. The van der Waals surface area contributed by atoms with Gasteiger partial charge in [-0.1, -0.05) is 196 Å². The first-order valence-electron chi connectivity index (χ1n) is 22.6. The van der Waals surface area contributed by atoms with E-state index in [4.69, 9.17) is 4.42 Å². The number of rotatable bonds is 6. The highest BCUT2D eigenvalue weighted by molar-refractivity contribution is 6.31. The maximum absolute atomic E-state index is 7.28. The minimum Gasteiger partial charge on any atom is -0.455 e. The topological polar surface area (TPSA) is 16.4 Å². The summed E-state index contributed by atoms with van der Waals surface area (Å²) >= 11 is 0. The first-order valence-corrected chi connectivity index (χ1v) is 22.6. The molecule has 0 spiro atoms. The maximum atomic E-state index is 7.28. The lowest BCUT2D eigenvalue weighted by atomic mass is 9.82. The van der Waals surface area contributed by atoms with Crippen LogP contribution < -0.4 is 4.90 Å². The van der Waals surface area contributed by atoms with Gasteiger partial charge in [0.2, 0.25) is 0 Å². The zero-order valence-corrected chi connectivity index (χ0v) is 36.2. The van der Waals surface area contributed by atoms with Gasteiger partial charge in [0.05, 0.1) is 0 Å². The lowest BCUT2D eigenvalue weighted by molar-refractivity contribution is 0.660. The maximum Gasteiger partial charge on any atom is 0.143 e. The quantitative estimate of drug-likeness (QED) is 0.155. The van der Waals surface area contributed by atoms with Crippen LogP contribution in [0.3, 0.4) is 0 Å². The molecule has 2 heteroatoms. The van der Waals surface area contributed by atoms with Gasteiger partial charge in [0.15, 0.2) is 0 Å². The van der Waals surface area contributed by atoms with Gasteiger partial charge in [-0.05, 0) is 119 Å². The molecule has 2 nitrogen and oxygen atoms in total. The summed E-state index contributed by atoms with van der Waals surface area (Å²) in [4.78, 5) is 2.41. The standard InChI is InChI=1S/C63H43NO/c1-63(2)57-26-13-12-22-51(57)52-36-35-46(39-58(52)63)64(44-31-27-41(28-32-44)40-15-4-3-5-16-40)45-33-29-43(30-34-45)59-54(48-25-14-18-42-17-6-7-19-47(42)48)37-38-56-60-53-23-10-8-20-49(53)50-21-9-11-24-55(50)61(60)65-62(56)59/h3-39H,1-2H3. The SMILES string of the molecule is CC1(C)c2ccccc2-c2ccc(N(c3ccc(-c4ccccc4)cc3)c3ccc(-c4c(-c5cccc6ccccc56)ccc5c4oc4c6ccccc6c6ccccc6c54)cc3)cc21. The third-order valence-electron chi connectivity index (χ3n) is 14.1. The third kappa shape index (κ3) is 5.74. The number of furan rings is 1. The molecule has 0 amide bonds. The van der Waals surface area contributed by atoms with Crippen molar-refractivity contribution in [2.75, 3.05) is 4.90 Å². The Morgan fingerprint density at radius 3 is 1.65 bits per heavy atom. The Morgan fingerprint density at radius 1 is 0.338 bits per heavy atom. The Bertz CT molecular complexity index is 3830.